The molecule has 0 aliphatic heterocycles. The molecule has 1 atom stereocenters. The molecule has 1 unspecified atom stereocenters. The van der Waals surface area contributed by atoms with Gasteiger partial charge in [0.1, 0.15) is 0 Å². The molecule has 176 valence electrons. The molecule has 0 fully saturated rings. The van der Waals surface area contributed by atoms with Gasteiger partial charge >= 0.3 is 0 Å². The molecule has 2 nitrogen and oxygen atoms in total. The average molecular weight is 472 g/mol. The summed E-state index contributed by atoms with van der Waals surface area (Å²) in [6.07, 6.45) is 7.41. The molecule has 0 heterocycles. The Morgan fingerprint density at radius 3 is 2.00 bits per heavy atom. The van der Waals surface area contributed by atoms with Gasteiger partial charge in [-0.25, -0.2) is 0 Å². The first-order chi connectivity index (χ1) is 15.7. The fourth-order valence-electron chi connectivity index (χ4n) is 3.79. The van der Waals surface area contributed by atoms with Crippen LogP contribution < -0.4 is 0 Å². The van der Waals surface area contributed by atoms with E-state index in [1.54, 1.807) is 0 Å². The Labute approximate surface area is 204 Å². The number of carbonyl (C=O) groups excluding carboxylic acids is 1. The molecule has 0 saturated heterocycles. The van der Waals surface area contributed by atoms with Gasteiger partial charge in [-0.2, -0.15) is 23.5 Å². The van der Waals surface area contributed by atoms with Crippen LogP contribution in [0.4, 0.5) is 0 Å². The maximum atomic E-state index is 12.5. The number of nitrogens with zero attached hydrogens (tertiary/aromatic N) is 1. The lowest BCUT2D eigenvalue weighted by Gasteiger charge is -2.22. The van der Waals surface area contributed by atoms with Crippen molar-refractivity contribution in [3.63, 3.8) is 0 Å². The van der Waals surface area contributed by atoms with Crippen molar-refractivity contribution >= 4 is 29.4 Å². The standard InChI is InChI=1S/C28H41NOS2/c1-3-20-29(21-4-2)28(30)18-12-11-17-27(32-24-26-15-9-6-10-16-26)19-22-31-23-25-13-7-5-8-14-25/h5-10,13-16,27H,3-4,11-12,17-24H2,1-2H3. The second kappa shape index (κ2) is 17.1. The number of hydrogen-bond donors (Lipinski definition) is 0. The molecule has 0 aliphatic rings. The van der Waals surface area contributed by atoms with Crippen molar-refractivity contribution < 1.29 is 4.79 Å². The fraction of sp³-hybridized carbons (Fsp3) is 0.536. The molecule has 0 aliphatic carbocycles. The zero-order valence-corrected chi connectivity index (χ0v) is 21.6. The Balaban J connectivity index is 1.75. The highest BCUT2D eigenvalue weighted by Crippen LogP contribution is 2.27. The first kappa shape index (κ1) is 26.9. The lowest BCUT2D eigenvalue weighted by molar-refractivity contribution is -0.131. The van der Waals surface area contributed by atoms with Crippen LogP contribution in [-0.4, -0.2) is 34.9 Å². The second-order valence-electron chi connectivity index (χ2n) is 8.37. The Kier molecular flexibility index (Phi) is 14.4. The predicted octanol–water partition coefficient (Wildman–Crippen LogP) is 7.82. The van der Waals surface area contributed by atoms with E-state index in [4.69, 9.17) is 0 Å². The summed E-state index contributed by atoms with van der Waals surface area (Å²) in [6, 6.07) is 21.6. The summed E-state index contributed by atoms with van der Waals surface area (Å²) in [4.78, 5) is 14.6. The maximum Gasteiger partial charge on any atom is 0.222 e. The summed E-state index contributed by atoms with van der Waals surface area (Å²) in [5.74, 6) is 3.71. The molecule has 2 rings (SSSR count). The zero-order valence-electron chi connectivity index (χ0n) is 20.0. The SMILES string of the molecule is CCCN(CCC)C(=O)CCCCC(CCSCc1ccccc1)SCc1ccccc1. The second-order valence-corrected chi connectivity index (χ2v) is 10.8. The summed E-state index contributed by atoms with van der Waals surface area (Å²) in [7, 11) is 0. The molecule has 0 radical (unpaired) electrons. The van der Waals surface area contributed by atoms with Crippen LogP contribution in [0.3, 0.4) is 0 Å². The van der Waals surface area contributed by atoms with Crippen LogP contribution in [0.1, 0.15) is 69.9 Å². The Hall–Kier alpha value is -1.39. The summed E-state index contributed by atoms with van der Waals surface area (Å²) in [5.41, 5.74) is 2.82. The van der Waals surface area contributed by atoms with Crippen LogP contribution in [0.15, 0.2) is 60.7 Å². The number of rotatable bonds is 17. The minimum absolute atomic E-state index is 0.348. The predicted molar refractivity (Wildman–Crippen MR) is 144 cm³/mol. The van der Waals surface area contributed by atoms with Gasteiger partial charge in [-0.05, 0) is 49.0 Å². The zero-order chi connectivity index (χ0) is 22.9. The Bertz CT molecular complexity index is 717. The molecule has 0 N–H and O–H groups in total. The highest BCUT2D eigenvalue weighted by molar-refractivity contribution is 7.99. The van der Waals surface area contributed by atoms with Crippen molar-refractivity contribution in [2.45, 2.75) is 75.5 Å². The monoisotopic (exact) mass is 471 g/mol. The van der Waals surface area contributed by atoms with E-state index in [2.05, 4.69) is 91.2 Å². The van der Waals surface area contributed by atoms with Gasteiger partial charge < -0.3 is 4.90 Å². The minimum atomic E-state index is 0.348. The summed E-state index contributed by atoms with van der Waals surface area (Å²) in [5, 5.41) is 0.663. The van der Waals surface area contributed by atoms with E-state index >= 15 is 0 Å². The van der Waals surface area contributed by atoms with Crippen molar-refractivity contribution in [3.05, 3.63) is 71.8 Å². The van der Waals surface area contributed by atoms with Crippen molar-refractivity contribution in [1.82, 2.24) is 4.90 Å². The largest absolute Gasteiger partial charge is 0.343 e. The molecule has 0 saturated carbocycles. The van der Waals surface area contributed by atoms with Crippen LogP contribution >= 0.6 is 23.5 Å². The molecule has 4 heteroatoms. The quantitative estimate of drug-likeness (QED) is 0.219. The topological polar surface area (TPSA) is 20.3 Å². The molecule has 1 amide bonds. The van der Waals surface area contributed by atoms with E-state index in [0.717, 1.165) is 50.3 Å². The number of amides is 1. The fourth-order valence-corrected chi connectivity index (χ4v) is 6.20. The normalized spacial score (nSPS) is 11.9. The highest BCUT2D eigenvalue weighted by atomic mass is 32.2. The van der Waals surface area contributed by atoms with Crippen LogP contribution in [-0.2, 0) is 16.3 Å². The molecule has 32 heavy (non-hydrogen) atoms. The van der Waals surface area contributed by atoms with Gasteiger partial charge in [0.25, 0.3) is 0 Å². The van der Waals surface area contributed by atoms with E-state index in [9.17, 15) is 4.79 Å². The molecule has 2 aromatic carbocycles. The van der Waals surface area contributed by atoms with Crippen LogP contribution in [0, 0.1) is 0 Å². The molecule has 2 aromatic rings. The van der Waals surface area contributed by atoms with Crippen molar-refractivity contribution in [3.8, 4) is 0 Å². The first-order valence-electron chi connectivity index (χ1n) is 12.3. The van der Waals surface area contributed by atoms with Crippen LogP contribution in [0.5, 0.6) is 0 Å². The molecule has 0 spiro atoms. The maximum absolute atomic E-state index is 12.5. The number of hydrogen-bond acceptors (Lipinski definition) is 3. The van der Waals surface area contributed by atoms with Gasteiger partial charge in [-0.15, -0.1) is 0 Å². The van der Waals surface area contributed by atoms with Crippen LogP contribution in [0.2, 0.25) is 0 Å². The third kappa shape index (κ3) is 11.5. The lowest BCUT2D eigenvalue weighted by Crippen LogP contribution is -2.32. The summed E-state index contributed by atoms with van der Waals surface area (Å²) < 4.78 is 0. The number of carbonyl (C=O) groups is 1. The van der Waals surface area contributed by atoms with Crippen molar-refractivity contribution in [2.24, 2.45) is 0 Å². The number of benzene rings is 2. The van der Waals surface area contributed by atoms with Crippen LogP contribution in [0.25, 0.3) is 0 Å². The van der Waals surface area contributed by atoms with E-state index in [0.29, 0.717) is 17.6 Å². The summed E-state index contributed by atoms with van der Waals surface area (Å²) in [6.45, 7) is 6.11. The van der Waals surface area contributed by atoms with Crippen molar-refractivity contribution in [1.29, 1.82) is 0 Å². The Morgan fingerprint density at radius 2 is 1.41 bits per heavy atom. The van der Waals surface area contributed by atoms with E-state index in [1.807, 2.05) is 11.8 Å². The molecule has 0 aromatic heterocycles. The highest BCUT2D eigenvalue weighted by Gasteiger charge is 2.13. The molecule has 0 bridgehead atoms. The molecular formula is C28H41NOS2. The van der Waals surface area contributed by atoms with Gasteiger partial charge in [0.2, 0.25) is 5.91 Å². The van der Waals surface area contributed by atoms with Gasteiger partial charge in [-0.3, -0.25) is 4.79 Å². The smallest absolute Gasteiger partial charge is 0.222 e. The Morgan fingerprint density at radius 1 is 0.812 bits per heavy atom. The van der Waals surface area contributed by atoms with Crippen molar-refractivity contribution in [2.75, 3.05) is 18.8 Å². The minimum Gasteiger partial charge on any atom is -0.343 e. The molecular weight excluding hydrogens is 430 g/mol. The number of thioether (sulfide) groups is 2. The third-order valence-corrected chi connectivity index (χ3v) is 8.04. The van der Waals surface area contributed by atoms with E-state index < -0.39 is 0 Å². The first-order valence-corrected chi connectivity index (χ1v) is 14.5. The average Bonchev–Trinajstić information content (AvgIpc) is 2.83. The van der Waals surface area contributed by atoms with Gasteiger partial charge in [0, 0.05) is 36.3 Å². The summed E-state index contributed by atoms with van der Waals surface area (Å²) >= 11 is 4.13. The number of unbranched alkanes of at least 4 members (excludes halogenated alkanes) is 1. The van der Waals surface area contributed by atoms with Gasteiger partial charge in [-0.1, -0.05) is 80.9 Å². The van der Waals surface area contributed by atoms with E-state index in [-0.39, 0.29) is 0 Å². The lowest BCUT2D eigenvalue weighted by atomic mass is 10.1. The van der Waals surface area contributed by atoms with Gasteiger partial charge in [0.05, 0.1) is 0 Å². The van der Waals surface area contributed by atoms with E-state index in [1.165, 1.54) is 29.7 Å². The third-order valence-electron chi connectivity index (χ3n) is 5.53. The van der Waals surface area contributed by atoms with Gasteiger partial charge in [0.15, 0.2) is 0 Å².